The largest absolute Gasteiger partial charge is 0.445 e. The van der Waals surface area contributed by atoms with Crippen molar-refractivity contribution in [2.75, 3.05) is 0 Å². The number of halogens is 5. The van der Waals surface area contributed by atoms with Crippen LogP contribution in [0.1, 0.15) is 85.5 Å². The fourth-order valence-electron chi connectivity index (χ4n) is 9.00. The lowest BCUT2D eigenvalue weighted by atomic mass is 9.40. The van der Waals surface area contributed by atoms with Crippen molar-refractivity contribution < 1.29 is 58.8 Å². The van der Waals surface area contributed by atoms with Gasteiger partial charge in [-0.1, -0.05) is 27.7 Å². The summed E-state index contributed by atoms with van der Waals surface area (Å²) in [4.78, 5) is 52.1. The van der Waals surface area contributed by atoms with Crippen molar-refractivity contribution in [3.63, 3.8) is 0 Å². The fourth-order valence-corrected chi connectivity index (χ4v) is 9.45. The van der Waals surface area contributed by atoms with Gasteiger partial charge in [-0.25, -0.2) is 0 Å². The Morgan fingerprint density at radius 1 is 1.05 bits per heavy atom. The summed E-state index contributed by atoms with van der Waals surface area (Å²) in [6.07, 6.45) is -8.51. The smallest absolute Gasteiger partial charge is 0.432 e. The van der Waals surface area contributed by atoms with Gasteiger partial charge < -0.3 is 4.74 Å². The van der Waals surface area contributed by atoms with E-state index in [1.807, 2.05) is 6.92 Å². The average molecular weight is 629 g/mol. The number of hydrogen-bond acceptors (Lipinski definition) is 7. The van der Waals surface area contributed by atoms with E-state index in [9.17, 15) is 49.5 Å². The van der Waals surface area contributed by atoms with Crippen molar-refractivity contribution in [3.8, 4) is 0 Å². The molecule has 4 aliphatic carbocycles. The summed E-state index contributed by atoms with van der Waals surface area (Å²) in [7, 11) is -6.55. The molecule has 2 unspecified atom stereocenters. The molecular weight excluding hydrogens is 591 g/mol. The van der Waals surface area contributed by atoms with E-state index in [1.165, 1.54) is 0 Å². The average Bonchev–Trinajstić information content (AvgIpc) is 3.19. The summed E-state index contributed by atoms with van der Waals surface area (Å²) >= 11 is 0. The molecule has 0 amide bonds. The molecule has 0 heterocycles. The van der Waals surface area contributed by atoms with E-state index in [0.29, 0.717) is 32.1 Å². The highest BCUT2D eigenvalue weighted by Gasteiger charge is 2.69. The molecule has 0 aromatic heterocycles. The Morgan fingerprint density at radius 2 is 1.67 bits per heavy atom. The molecule has 238 valence electrons. The minimum Gasteiger partial charge on any atom is -0.445 e. The molecule has 0 bridgehead atoms. The Morgan fingerprint density at radius 3 is 2.24 bits per heavy atom. The molecule has 4 saturated carbocycles. The van der Waals surface area contributed by atoms with Gasteiger partial charge in [0, 0.05) is 43.4 Å². The zero-order valence-electron chi connectivity index (χ0n) is 23.9. The van der Waals surface area contributed by atoms with Crippen molar-refractivity contribution in [1.29, 1.82) is 0 Å². The predicted octanol–water partition coefficient (Wildman–Crippen LogP) is 5.33. The van der Waals surface area contributed by atoms with E-state index >= 15 is 0 Å². The van der Waals surface area contributed by atoms with Crippen LogP contribution in [0.3, 0.4) is 0 Å². The van der Waals surface area contributed by atoms with Crippen LogP contribution in [0.4, 0.5) is 22.0 Å². The quantitative estimate of drug-likeness (QED) is 0.227. The van der Waals surface area contributed by atoms with Crippen LogP contribution in [0.25, 0.3) is 0 Å². The van der Waals surface area contributed by atoms with Crippen molar-refractivity contribution in [3.05, 3.63) is 0 Å². The van der Waals surface area contributed by atoms with Crippen molar-refractivity contribution in [1.82, 2.24) is 0 Å². The van der Waals surface area contributed by atoms with E-state index in [0.717, 1.165) is 0 Å². The van der Waals surface area contributed by atoms with Crippen LogP contribution in [0.5, 0.6) is 0 Å². The molecule has 0 aromatic carbocycles. The molecule has 1 N–H and O–H groups in total. The number of ketones is 3. The second kappa shape index (κ2) is 10.3. The molecule has 9 atom stereocenters. The molecule has 0 aliphatic heterocycles. The van der Waals surface area contributed by atoms with Crippen molar-refractivity contribution in [2.45, 2.75) is 103 Å². The van der Waals surface area contributed by atoms with E-state index < -0.39 is 56.8 Å². The lowest BCUT2D eigenvalue weighted by Gasteiger charge is -2.63. The van der Waals surface area contributed by atoms with Gasteiger partial charge in [0.05, 0.1) is 0 Å². The van der Waals surface area contributed by atoms with Crippen molar-refractivity contribution in [2.24, 2.45) is 45.8 Å². The van der Waals surface area contributed by atoms with Crippen LogP contribution in [-0.4, -0.2) is 53.8 Å². The zero-order chi connectivity index (χ0) is 31.8. The first kappa shape index (κ1) is 32.9. The maximum Gasteiger partial charge on any atom is 0.432 e. The second-order valence-electron chi connectivity index (χ2n) is 13.6. The van der Waals surface area contributed by atoms with Gasteiger partial charge in [0.2, 0.25) is 0 Å². The molecule has 0 radical (unpaired) electrons. The van der Waals surface area contributed by atoms with Crippen LogP contribution in [-0.2, 0) is 34.0 Å². The van der Waals surface area contributed by atoms with Crippen molar-refractivity contribution >= 4 is 33.4 Å². The van der Waals surface area contributed by atoms with Gasteiger partial charge in [-0.2, -0.15) is 30.4 Å². The third kappa shape index (κ3) is 5.01. The van der Waals surface area contributed by atoms with Gasteiger partial charge in [0.1, 0.15) is 17.3 Å². The van der Waals surface area contributed by atoms with Crippen LogP contribution < -0.4 is 0 Å². The summed E-state index contributed by atoms with van der Waals surface area (Å²) in [6.45, 7) is 7.53. The highest BCUT2D eigenvalue weighted by Crippen LogP contribution is 2.69. The molecule has 0 saturated heterocycles. The minimum absolute atomic E-state index is 0.0354. The summed E-state index contributed by atoms with van der Waals surface area (Å²) in [5, 5.41) is -5.81. The normalized spacial score (nSPS) is 38.8. The predicted molar refractivity (Wildman–Crippen MR) is 136 cm³/mol. The Kier molecular flexibility index (Phi) is 8.08. The number of carbonyl (C=O) groups is 4. The van der Waals surface area contributed by atoms with Gasteiger partial charge in [0.15, 0.2) is 0 Å². The molecule has 8 nitrogen and oxygen atoms in total. The lowest BCUT2D eigenvalue weighted by Crippen LogP contribution is -2.63. The molecule has 4 rings (SSSR count). The first-order valence-corrected chi connectivity index (χ1v) is 15.6. The Hall–Kier alpha value is -1.96. The summed E-state index contributed by atoms with van der Waals surface area (Å²) < 4.78 is 101. The van der Waals surface area contributed by atoms with E-state index in [2.05, 4.69) is 11.7 Å². The number of esters is 1. The first-order valence-electron chi connectivity index (χ1n) is 14.2. The third-order valence-electron chi connectivity index (χ3n) is 11.5. The Balaban J connectivity index is 1.50. The number of alkyl halides is 5. The minimum atomic E-state index is -6.55. The topological polar surface area (TPSA) is 132 Å². The van der Waals surface area contributed by atoms with Gasteiger partial charge in [-0.15, -0.1) is 0 Å². The second-order valence-corrected chi connectivity index (χ2v) is 15.1. The number of rotatable bonds is 7. The monoisotopic (exact) mass is 628 g/mol. The van der Waals surface area contributed by atoms with Crippen LogP contribution in [0.15, 0.2) is 0 Å². The van der Waals surface area contributed by atoms with Gasteiger partial charge in [0.25, 0.3) is 6.10 Å². The van der Waals surface area contributed by atoms with E-state index in [-0.39, 0.29) is 65.7 Å². The molecule has 0 aromatic rings. The molecular formula is C28H37F5O8S. The van der Waals surface area contributed by atoms with Crippen LogP contribution >= 0.6 is 0 Å². The third-order valence-corrected chi connectivity index (χ3v) is 12.4. The fraction of sp³-hybridized carbons (Fsp3) is 0.857. The molecule has 0 spiro atoms. The van der Waals surface area contributed by atoms with E-state index in [1.54, 1.807) is 13.8 Å². The number of hydrogen-bond donors (Lipinski definition) is 1. The molecule has 42 heavy (non-hydrogen) atoms. The summed E-state index contributed by atoms with van der Waals surface area (Å²) in [5.41, 5.74) is -1.84. The van der Waals surface area contributed by atoms with Gasteiger partial charge in [-0.3, -0.25) is 23.7 Å². The Bertz CT molecular complexity index is 1280. The lowest BCUT2D eigenvalue weighted by molar-refractivity contribution is -0.259. The maximum absolute atomic E-state index is 13.9. The SMILES string of the molecule is CC(CCC(=O)OC(C(F)(F)F)C(F)(F)S(=O)(=O)O)[C@H]1CC[C@H]2[C@@H]3C(=O)C[C@]4(C)CC(=O)CC[C@]4(C)[C@H]3CC(=O)[C@]12C. The van der Waals surface area contributed by atoms with Gasteiger partial charge in [-0.05, 0) is 60.2 Å². The highest BCUT2D eigenvalue weighted by molar-refractivity contribution is 7.86. The summed E-state index contributed by atoms with van der Waals surface area (Å²) in [6, 6.07) is 0. The number of ether oxygens (including phenoxy) is 1. The number of carbonyl (C=O) groups excluding carboxylic acids is 4. The standard InChI is InChI=1S/C28H37F5O8S/c1-14(5-8-21(37)41-23(27(29,30)31)28(32,33)42(38,39)40)16-6-7-17-22-18(11-20(36)26(16,17)4)25(3)10-9-15(34)12-24(25,2)13-19(22)35/h14,16-18,22-23H,5-13H2,1-4H3,(H,38,39,40)/t14?,16-,17+,18+,22+,23?,24+,25-,26-/m1/s1. The Labute approximate surface area is 241 Å². The zero-order valence-corrected chi connectivity index (χ0v) is 24.7. The number of Topliss-reactive ketones (excluding diaryl/α,β-unsaturated/α-hetero) is 3. The van der Waals surface area contributed by atoms with E-state index in [4.69, 9.17) is 4.55 Å². The van der Waals surface area contributed by atoms with Crippen LogP contribution in [0.2, 0.25) is 0 Å². The first-order chi connectivity index (χ1) is 19.0. The molecule has 4 fully saturated rings. The van der Waals surface area contributed by atoms with Gasteiger partial charge >= 0.3 is 27.5 Å². The highest BCUT2D eigenvalue weighted by atomic mass is 32.2. The summed E-state index contributed by atoms with van der Waals surface area (Å²) in [5.74, 6) is -3.29. The number of fused-ring (bicyclic) bond motifs is 5. The van der Waals surface area contributed by atoms with Crippen LogP contribution in [0, 0.1) is 45.8 Å². The maximum atomic E-state index is 13.9. The molecule has 4 aliphatic rings. The molecule has 14 heteroatoms.